The zero-order valence-corrected chi connectivity index (χ0v) is 12.1. The van der Waals surface area contributed by atoms with Gasteiger partial charge in [-0.15, -0.1) is 0 Å². The van der Waals surface area contributed by atoms with E-state index in [0.29, 0.717) is 0 Å². The minimum Gasteiger partial charge on any atom is -0.480 e. The van der Waals surface area contributed by atoms with Crippen LogP contribution in [-0.4, -0.2) is 33.3 Å². The first kappa shape index (κ1) is 16.4. The number of carboxylic acid groups (broad SMARTS) is 1. The molecule has 1 heterocycles. The van der Waals surface area contributed by atoms with Crippen LogP contribution in [0.5, 0.6) is 0 Å². The molecule has 0 bridgehead atoms. The molecule has 0 saturated carbocycles. The monoisotopic (exact) mass is 316 g/mol. The van der Waals surface area contributed by atoms with Crippen LogP contribution in [-0.2, 0) is 16.1 Å². The van der Waals surface area contributed by atoms with Crippen LogP contribution < -0.4 is 5.32 Å². The fraction of sp³-hybridized carbons (Fsp3) is 0.188. The van der Waals surface area contributed by atoms with Gasteiger partial charge in [-0.05, 0) is 11.6 Å². The number of aliphatic carboxylic acids is 1. The summed E-state index contributed by atoms with van der Waals surface area (Å²) in [4.78, 5) is 26.8. The lowest BCUT2D eigenvalue weighted by molar-refractivity contribution is -0.142. The third-order valence-electron chi connectivity index (χ3n) is 3.09. The van der Waals surface area contributed by atoms with Crippen molar-refractivity contribution in [1.82, 2.24) is 10.3 Å². The SMILES string of the molecule is O=C(NC(C(=O)O)C(O)c1cccnc1)OCc1ccccc1. The number of nitrogens with one attached hydrogen (secondary N) is 1. The Bertz CT molecular complexity index is 648. The number of carboxylic acids is 1. The summed E-state index contributed by atoms with van der Waals surface area (Å²) >= 11 is 0. The van der Waals surface area contributed by atoms with Gasteiger partial charge in [0.25, 0.3) is 0 Å². The maximum absolute atomic E-state index is 11.7. The van der Waals surface area contributed by atoms with Gasteiger partial charge >= 0.3 is 12.1 Å². The van der Waals surface area contributed by atoms with Crippen molar-refractivity contribution in [3.63, 3.8) is 0 Å². The first-order valence-electron chi connectivity index (χ1n) is 6.86. The van der Waals surface area contributed by atoms with Crippen molar-refractivity contribution in [2.75, 3.05) is 0 Å². The van der Waals surface area contributed by atoms with E-state index in [1.165, 1.54) is 18.5 Å². The largest absolute Gasteiger partial charge is 0.480 e. The number of nitrogens with zero attached hydrogens (tertiary/aromatic N) is 1. The van der Waals surface area contributed by atoms with Crippen molar-refractivity contribution in [1.29, 1.82) is 0 Å². The molecule has 1 aromatic heterocycles. The molecule has 120 valence electrons. The molecular weight excluding hydrogens is 300 g/mol. The van der Waals surface area contributed by atoms with E-state index in [1.54, 1.807) is 30.3 Å². The smallest absolute Gasteiger partial charge is 0.408 e. The molecule has 0 fully saturated rings. The number of hydrogen-bond donors (Lipinski definition) is 3. The number of alkyl carbamates (subject to hydrolysis) is 1. The number of carbonyl (C=O) groups is 2. The number of aromatic nitrogens is 1. The van der Waals surface area contributed by atoms with E-state index in [0.717, 1.165) is 5.56 Å². The predicted molar refractivity (Wildman–Crippen MR) is 80.4 cm³/mol. The highest BCUT2D eigenvalue weighted by atomic mass is 16.5. The quantitative estimate of drug-likeness (QED) is 0.745. The molecule has 3 N–H and O–H groups in total. The second-order valence-electron chi connectivity index (χ2n) is 4.75. The lowest BCUT2D eigenvalue weighted by atomic mass is 10.0. The molecule has 2 rings (SSSR count). The van der Waals surface area contributed by atoms with Gasteiger partial charge in [-0.2, -0.15) is 0 Å². The van der Waals surface area contributed by atoms with Crippen molar-refractivity contribution in [2.24, 2.45) is 0 Å². The Morgan fingerprint density at radius 3 is 2.52 bits per heavy atom. The summed E-state index contributed by atoms with van der Waals surface area (Å²) in [6, 6.07) is 10.5. The highest BCUT2D eigenvalue weighted by Crippen LogP contribution is 2.16. The van der Waals surface area contributed by atoms with Gasteiger partial charge in [-0.1, -0.05) is 36.4 Å². The second kappa shape index (κ2) is 7.90. The number of aliphatic hydroxyl groups is 1. The average molecular weight is 316 g/mol. The van der Waals surface area contributed by atoms with Crippen molar-refractivity contribution in [2.45, 2.75) is 18.8 Å². The number of rotatable bonds is 6. The molecule has 0 aliphatic rings. The number of pyridine rings is 1. The van der Waals surface area contributed by atoms with Crippen LogP contribution in [0.4, 0.5) is 4.79 Å². The van der Waals surface area contributed by atoms with Gasteiger partial charge in [0, 0.05) is 18.0 Å². The molecule has 1 aromatic carbocycles. The maximum atomic E-state index is 11.7. The summed E-state index contributed by atoms with van der Waals surface area (Å²) in [7, 11) is 0. The number of carbonyl (C=O) groups excluding carboxylic acids is 1. The van der Waals surface area contributed by atoms with Crippen LogP contribution in [0, 0.1) is 0 Å². The molecule has 0 radical (unpaired) electrons. The Morgan fingerprint density at radius 1 is 1.17 bits per heavy atom. The first-order chi connectivity index (χ1) is 11.1. The average Bonchev–Trinajstić information content (AvgIpc) is 2.58. The number of aliphatic hydroxyl groups excluding tert-OH is 1. The number of ether oxygens (including phenoxy) is 1. The van der Waals surface area contributed by atoms with Crippen LogP contribution in [0.2, 0.25) is 0 Å². The van der Waals surface area contributed by atoms with E-state index in [-0.39, 0.29) is 12.2 Å². The molecule has 2 aromatic rings. The zero-order valence-electron chi connectivity index (χ0n) is 12.1. The van der Waals surface area contributed by atoms with Gasteiger partial charge in [-0.25, -0.2) is 9.59 Å². The Hall–Kier alpha value is -2.93. The Morgan fingerprint density at radius 2 is 1.91 bits per heavy atom. The summed E-state index contributed by atoms with van der Waals surface area (Å²) in [5.41, 5.74) is 1.05. The normalized spacial score (nSPS) is 12.9. The molecular formula is C16H16N2O5. The highest BCUT2D eigenvalue weighted by molar-refractivity contribution is 5.80. The number of hydrogen-bond acceptors (Lipinski definition) is 5. The van der Waals surface area contributed by atoms with Crippen molar-refractivity contribution in [3.05, 3.63) is 66.0 Å². The molecule has 0 aliphatic heterocycles. The van der Waals surface area contributed by atoms with Gasteiger partial charge in [0.15, 0.2) is 6.04 Å². The molecule has 7 nitrogen and oxygen atoms in total. The second-order valence-corrected chi connectivity index (χ2v) is 4.75. The zero-order chi connectivity index (χ0) is 16.7. The van der Waals surface area contributed by atoms with E-state index in [2.05, 4.69) is 10.3 Å². The molecule has 23 heavy (non-hydrogen) atoms. The van der Waals surface area contributed by atoms with E-state index >= 15 is 0 Å². The highest BCUT2D eigenvalue weighted by Gasteiger charge is 2.30. The van der Waals surface area contributed by atoms with Crippen LogP contribution in [0.15, 0.2) is 54.9 Å². The van der Waals surface area contributed by atoms with Crippen molar-refractivity contribution < 1.29 is 24.5 Å². The fourth-order valence-electron chi connectivity index (χ4n) is 1.91. The van der Waals surface area contributed by atoms with Crippen LogP contribution in [0.3, 0.4) is 0 Å². The van der Waals surface area contributed by atoms with Gasteiger partial charge < -0.3 is 20.3 Å². The molecule has 2 unspecified atom stereocenters. The molecule has 0 saturated heterocycles. The lowest BCUT2D eigenvalue weighted by Gasteiger charge is -2.20. The predicted octanol–water partition coefficient (Wildman–Crippen LogP) is 1.49. The van der Waals surface area contributed by atoms with Crippen LogP contribution in [0.25, 0.3) is 0 Å². The molecule has 0 aliphatic carbocycles. The topological polar surface area (TPSA) is 109 Å². The van der Waals surface area contributed by atoms with Crippen molar-refractivity contribution >= 4 is 12.1 Å². The van der Waals surface area contributed by atoms with Crippen molar-refractivity contribution in [3.8, 4) is 0 Å². The van der Waals surface area contributed by atoms with E-state index < -0.39 is 24.2 Å². The van der Waals surface area contributed by atoms with Crippen LogP contribution in [0.1, 0.15) is 17.2 Å². The third kappa shape index (κ3) is 4.79. The summed E-state index contributed by atoms with van der Waals surface area (Å²) in [6.45, 7) is 0.00198. The molecule has 7 heteroatoms. The molecule has 1 amide bonds. The Labute approximate surface area is 132 Å². The number of benzene rings is 1. The maximum Gasteiger partial charge on any atom is 0.408 e. The summed E-state index contributed by atoms with van der Waals surface area (Å²) < 4.78 is 4.95. The fourth-order valence-corrected chi connectivity index (χ4v) is 1.91. The summed E-state index contributed by atoms with van der Waals surface area (Å²) in [5.74, 6) is -1.38. The number of amides is 1. The van der Waals surface area contributed by atoms with Gasteiger partial charge in [0.05, 0.1) is 0 Å². The Balaban J connectivity index is 1.96. The van der Waals surface area contributed by atoms with E-state index in [9.17, 15) is 19.8 Å². The van der Waals surface area contributed by atoms with Gasteiger partial charge in [0.1, 0.15) is 12.7 Å². The summed E-state index contributed by atoms with van der Waals surface area (Å²) in [5, 5.41) is 21.4. The van der Waals surface area contributed by atoms with Gasteiger partial charge in [-0.3, -0.25) is 4.98 Å². The first-order valence-corrected chi connectivity index (χ1v) is 6.86. The Kier molecular flexibility index (Phi) is 5.65. The standard InChI is InChI=1S/C16H16N2O5/c19-14(12-7-4-8-17-9-12)13(15(20)21)18-16(22)23-10-11-5-2-1-3-6-11/h1-9,13-14,19H,10H2,(H,18,22)(H,20,21). The molecule has 2 atom stereocenters. The minimum absolute atomic E-state index is 0.00198. The lowest BCUT2D eigenvalue weighted by Crippen LogP contribution is -2.45. The minimum atomic E-state index is -1.54. The third-order valence-corrected chi connectivity index (χ3v) is 3.09. The van der Waals surface area contributed by atoms with E-state index in [1.807, 2.05) is 6.07 Å². The molecule has 0 spiro atoms. The van der Waals surface area contributed by atoms with E-state index in [4.69, 9.17) is 4.74 Å². The summed E-state index contributed by atoms with van der Waals surface area (Å²) in [6.07, 6.45) is 0.458. The van der Waals surface area contributed by atoms with Crippen LogP contribution >= 0.6 is 0 Å². The van der Waals surface area contributed by atoms with Gasteiger partial charge in [0.2, 0.25) is 0 Å².